The average molecular weight is 352 g/mol. The molecule has 1 aromatic rings. The van der Waals surface area contributed by atoms with Gasteiger partial charge in [0.1, 0.15) is 0 Å². The second kappa shape index (κ2) is 4.89. The summed E-state index contributed by atoms with van der Waals surface area (Å²) in [6.07, 6.45) is 4.17. The Labute approximate surface area is 113 Å². The van der Waals surface area contributed by atoms with Crippen molar-refractivity contribution in [3.05, 3.63) is 20.3 Å². The van der Waals surface area contributed by atoms with Crippen LogP contribution >= 0.6 is 43.2 Å². The zero-order chi connectivity index (χ0) is 11.0. The Kier molecular flexibility index (Phi) is 3.95. The van der Waals surface area contributed by atoms with Gasteiger partial charge in [-0.1, -0.05) is 35.7 Å². The van der Waals surface area contributed by atoms with Gasteiger partial charge in [-0.3, -0.25) is 0 Å². The van der Waals surface area contributed by atoms with Crippen LogP contribution in [0.4, 0.5) is 0 Å². The molecule has 0 nitrogen and oxygen atoms in total. The second-order valence-electron chi connectivity index (χ2n) is 4.54. The Balaban J connectivity index is 2.19. The lowest BCUT2D eigenvalue weighted by Gasteiger charge is -2.21. The lowest BCUT2D eigenvalue weighted by atomic mass is 9.94. The molecule has 0 saturated heterocycles. The highest BCUT2D eigenvalue weighted by Gasteiger charge is 2.31. The van der Waals surface area contributed by atoms with Crippen molar-refractivity contribution >= 4 is 43.2 Å². The number of halogens is 2. The molecule has 2 rings (SSSR count). The van der Waals surface area contributed by atoms with E-state index in [9.17, 15) is 0 Å². The fourth-order valence-corrected chi connectivity index (χ4v) is 6.06. The average Bonchev–Trinajstić information content (AvgIpc) is 2.71. The normalized spacial score (nSPS) is 28.3. The predicted molar refractivity (Wildman–Crippen MR) is 74.9 cm³/mol. The summed E-state index contributed by atoms with van der Waals surface area (Å²) in [5, 5.41) is 0. The van der Waals surface area contributed by atoms with Crippen LogP contribution in [0.15, 0.2) is 10.5 Å². The molecule has 0 aromatic carbocycles. The van der Waals surface area contributed by atoms with E-state index < -0.39 is 0 Å². The first kappa shape index (κ1) is 12.1. The molecule has 3 unspecified atom stereocenters. The number of rotatable bonds is 2. The molecule has 0 amide bonds. The van der Waals surface area contributed by atoms with Crippen LogP contribution in [0.2, 0.25) is 0 Å². The Bertz CT molecular complexity index is 345. The quantitative estimate of drug-likeness (QED) is 0.600. The molecule has 0 N–H and O–H groups in total. The molecule has 0 radical (unpaired) electrons. The summed E-state index contributed by atoms with van der Waals surface area (Å²) in [4.78, 5) is 3.42. The van der Waals surface area contributed by atoms with Gasteiger partial charge in [0.25, 0.3) is 0 Å². The van der Waals surface area contributed by atoms with Gasteiger partial charge in [0.05, 0.1) is 4.83 Å². The van der Waals surface area contributed by atoms with Crippen LogP contribution < -0.4 is 0 Å². The predicted octanol–water partition coefficient (Wildman–Crippen LogP) is 5.69. The van der Waals surface area contributed by atoms with E-state index in [1.165, 1.54) is 33.5 Å². The largest absolute Gasteiger partial charge is 0.143 e. The third-order valence-electron chi connectivity index (χ3n) is 3.39. The molecule has 3 atom stereocenters. The van der Waals surface area contributed by atoms with Crippen molar-refractivity contribution in [2.45, 2.75) is 37.9 Å². The zero-order valence-electron chi connectivity index (χ0n) is 9.09. The van der Waals surface area contributed by atoms with E-state index in [0.717, 1.165) is 11.8 Å². The van der Waals surface area contributed by atoms with Crippen molar-refractivity contribution in [1.82, 2.24) is 0 Å². The molecule has 1 aliphatic rings. The first-order valence-corrected chi connectivity index (χ1v) is 8.02. The van der Waals surface area contributed by atoms with E-state index in [1.54, 1.807) is 0 Å². The summed E-state index contributed by atoms with van der Waals surface area (Å²) in [6.45, 7) is 4.57. The molecule has 1 aliphatic carbocycles. The molecule has 1 aromatic heterocycles. The van der Waals surface area contributed by atoms with Crippen LogP contribution in [-0.4, -0.2) is 0 Å². The summed E-state index contributed by atoms with van der Waals surface area (Å²) < 4.78 is 1.28. The summed E-state index contributed by atoms with van der Waals surface area (Å²) in [5.41, 5.74) is 0. The van der Waals surface area contributed by atoms with Crippen molar-refractivity contribution in [1.29, 1.82) is 0 Å². The molecule has 0 bridgehead atoms. The molecule has 1 heterocycles. The fraction of sp³-hybridized carbons (Fsp3) is 0.667. The van der Waals surface area contributed by atoms with Crippen molar-refractivity contribution < 1.29 is 0 Å². The van der Waals surface area contributed by atoms with Crippen LogP contribution in [0.5, 0.6) is 0 Å². The minimum Gasteiger partial charge on any atom is -0.143 e. The maximum atomic E-state index is 3.90. The van der Waals surface area contributed by atoms with Gasteiger partial charge < -0.3 is 0 Å². The number of thiophene rings is 1. The van der Waals surface area contributed by atoms with E-state index in [-0.39, 0.29) is 0 Å². The van der Waals surface area contributed by atoms with Gasteiger partial charge in [-0.2, -0.15) is 0 Å². The standard InChI is InChI=1S/C12H16Br2S/c1-7-4-3-5-9(7)11(14)12-10(13)6-8(2)15-12/h6-7,9,11H,3-5H2,1-2H3. The van der Waals surface area contributed by atoms with Gasteiger partial charge in [0.2, 0.25) is 0 Å². The van der Waals surface area contributed by atoms with Gasteiger partial charge in [-0.15, -0.1) is 11.3 Å². The topological polar surface area (TPSA) is 0 Å². The molecule has 84 valence electrons. The number of alkyl halides is 1. The van der Waals surface area contributed by atoms with E-state index in [0.29, 0.717) is 4.83 Å². The Morgan fingerprint density at radius 3 is 2.67 bits per heavy atom. The highest BCUT2D eigenvalue weighted by molar-refractivity contribution is 9.11. The monoisotopic (exact) mass is 350 g/mol. The number of hydrogen-bond acceptors (Lipinski definition) is 1. The minimum absolute atomic E-state index is 0.545. The van der Waals surface area contributed by atoms with Crippen LogP contribution in [0.1, 0.15) is 40.8 Å². The van der Waals surface area contributed by atoms with Gasteiger partial charge in [-0.25, -0.2) is 0 Å². The van der Waals surface area contributed by atoms with Crippen LogP contribution in [-0.2, 0) is 0 Å². The van der Waals surface area contributed by atoms with E-state index in [2.05, 4.69) is 51.8 Å². The van der Waals surface area contributed by atoms with Gasteiger partial charge in [0, 0.05) is 14.2 Å². The second-order valence-corrected chi connectivity index (χ2v) is 7.67. The maximum Gasteiger partial charge on any atom is 0.0531 e. The van der Waals surface area contributed by atoms with Crippen molar-refractivity contribution in [2.24, 2.45) is 11.8 Å². The Hall–Kier alpha value is 0.660. The molecule has 15 heavy (non-hydrogen) atoms. The first-order chi connectivity index (χ1) is 7.09. The van der Waals surface area contributed by atoms with Crippen molar-refractivity contribution in [2.75, 3.05) is 0 Å². The van der Waals surface area contributed by atoms with Crippen molar-refractivity contribution in [3.63, 3.8) is 0 Å². The van der Waals surface area contributed by atoms with Gasteiger partial charge in [-0.05, 0) is 47.2 Å². The number of aryl methyl sites for hydroxylation is 1. The third kappa shape index (κ3) is 2.50. The molecule has 1 saturated carbocycles. The molecule has 0 spiro atoms. The van der Waals surface area contributed by atoms with E-state index in [1.807, 2.05) is 11.3 Å². The van der Waals surface area contributed by atoms with E-state index >= 15 is 0 Å². The van der Waals surface area contributed by atoms with Crippen LogP contribution in [0, 0.1) is 18.8 Å². The number of hydrogen-bond donors (Lipinski definition) is 0. The lowest BCUT2D eigenvalue weighted by molar-refractivity contribution is 0.416. The highest BCUT2D eigenvalue weighted by Crippen LogP contribution is 2.48. The summed E-state index contributed by atoms with van der Waals surface area (Å²) in [7, 11) is 0. The molecular weight excluding hydrogens is 336 g/mol. The molecular formula is C12H16Br2S. The molecule has 3 heteroatoms. The zero-order valence-corrected chi connectivity index (χ0v) is 13.1. The summed E-state index contributed by atoms with van der Waals surface area (Å²) in [6, 6.07) is 2.23. The minimum atomic E-state index is 0.545. The van der Waals surface area contributed by atoms with Crippen LogP contribution in [0.3, 0.4) is 0 Å². The Morgan fingerprint density at radius 2 is 2.20 bits per heavy atom. The molecule has 1 fully saturated rings. The fourth-order valence-electron chi connectivity index (χ4n) is 2.49. The summed E-state index contributed by atoms with van der Waals surface area (Å²) in [5.74, 6) is 1.68. The molecule has 0 aliphatic heterocycles. The summed E-state index contributed by atoms with van der Waals surface area (Å²) >= 11 is 9.48. The Morgan fingerprint density at radius 1 is 1.47 bits per heavy atom. The van der Waals surface area contributed by atoms with Gasteiger partial charge in [0.15, 0.2) is 0 Å². The van der Waals surface area contributed by atoms with Crippen LogP contribution in [0.25, 0.3) is 0 Å². The van der Waals surface area contributed by atoms with Gasteiger partial charge >= 0.3 is 0 Å². The smallest absolute Gasteiger partial charge is 0.0531 e. The maximum absolute atomic E-state index is 3.90. The first-order valence-electron chi connectivity index (χ1n) is 5.49. The highest BCUT2D eigenvalue weighted by atomic mass is 79.9. The lowest BCUT2D eigenvalue weighted by Crippen LogP contribution is -2.09. The van der Waals surface area contributed by atoms with Crippen molar-refractivity contribution in [3.8, 4) is 0 Å². The van der Waals surface area contributed by atoms with E-state index in [4.69, 9.17) is 0 Å². The SMILES string of the molecule is Cc1cc(Br)c(C(Br)C2CCCC2C)s1. The third-order valence-corrected chi connectivity index (χ3v) is 6.88.